The number of aliphatic imine (C=N–C) groups is 1. The Balaban J connectivity index is 1.87. The zero-order chi connectivity index (χ0) is 16.6. The minimum atomic E-state index is -4.41. The quantitative estimate of drug-likeness (QED) is 0.825. The molecule has 3 nitrogen and oxygen atoms in total. The Kier molecular flexibility index (Phi) is 3.52. The summed E-state index contributed by atoms with van der Waals surface area (Å²) in [7, 11) is 0. The Bertz CT molecular complexity index is 834. The number of aliphatic hydroxyl groups is 1. The standard InChI is InChI=1S/C17H10F3NO2/c18-17(19,20)10-5-7-11(8-6-10)21-9-14-15(22)12-3-1-2-4-13(12)16(14)23/h1-9,22H. The van der Waals surface area contributed by atoms with Crippen LogP contribution in [0.3, 0.4) is 0 Å². The normalized spacial score (nSPS) is 14.7. The number of allylic oxidation sites excluding steroid dienone is 1. The number of ketones is 1. The number of Topliss-reactive ketones (excluding diaryl/α,β-unsaturated/α-hetero) is 1. The molecular formula is C17H10F3NO2. The lowest BCUT2D eigenvalue weighted by molar-refractivity contribution is -0.137. The van der Waals surface area contributed by atoms with E-state index in [1.165, 1.54) is 18.3 Å². The van der Waals surface area contributed by atoms with Crippen LogP contribution in [0.25, 0.3) is 5.76 Å². The van der Waals surface area contributed by atoms with Crippen LogP contribution in [-0.2, 0) is 6.18 Å². The first-order valence-electron chi connectivity index (χ1n) is 6.66. The van der Waals surface area contributed by atoms with Crippen molar-refractivity contribution in [3.05, 3.63) is 70.8 Å². The van der Waals surface area contributed by atoms with Crippen LogP contribution in [0.5, 0.6) is 0 Å². The van der Waals surface area contributed by atoms with E-state index in [1.54, 1.807) is 24.3 Å². The van der Waals surface area contributed by atoms with Crippen LogP contribution in [0.4, 0.5) is 18.9 Å². The predicted octanol–water partition coefficient (Wildman–Crippen LogP) is 4.57. The van der Waals surface area contributed by atoms with Gasteiger partial charge in [0.1, 0.15) is 5.76 Å². The van der Waals surface area contributed by atoms with Gasteiger partial charge in [0.25, 0.3) is 0 Å². The van der Waals surface area contributed by atoms with Gasteiger partial charge in [0, 0.05) is 17.3 Å². The second-order valence-corrected chi connectivity index (χ2v) is 4.94. The third-order valence-corrected chi connectivity index (χ3v) is 3.46. The number of carbonyl (C=O) groups excluding carboxylic acids is 1. The van der Waals surface area contributed by atoms with Crippen molar-refractivity contribution in [2.75, 3.05) is 0 Å². The molecule has 2 aromatic rings. The van der Waals surface area contributed by atoms with Crippen LogP contribution >= 0.6 is 0 Å². The van der Waals surface area contributed by atoms with Crippen molar-refractivity contribution in [3.8, 4) is 0 Å². The first-order chi connectivity index (χ1) is 10.9. The SMILES string of the molecule is O=C1C(C=Nc2ccc(C(F)(F)F)cc2)=C(O)c2ccccc21. The number of hydrogen-bond donors (Lipinski definition) is 1. The van der Waals surface area contributed by atoms with E-state index < -0.39 is 11.7 Å². The molecule has 0 bridgehead atoms. The Labute approximate surface area is 129 Å². The Hall–Kier alpha value is -2.89. The van der Waals surface area contributed by atoms with Gasteiger partial charge in [0.05, 0.1) is 16.8 Å². The Morgan fingerprint density at radius 2 is 1.57 bits per heavy atom. The van der Waals surface area contributed by atoms with Gasteiger partial charge in [0.2, 0.25) is 0 Å². The van der Waals surface area contributed by atoms with Crippen molar-refractivity contribution >= 4 is 23.4 Å². The molecule has 0 heterocycles. The number of alkyl halides is 3. The van der Waals surface area contributed by atoms with E-state index in [4.69, 9.17) is 0 Å². The molecule has 1 aliphatic carbocycles. The molecule has 0 radical (unpaired) electrons. The van der Waals surface area contributed by atoms with Crippen LogP contribution in [-0.4, -0.2) is 17.1 Å². The fourth-order valence-corrected chi connectivity index (χ4v) is 2.28. The molecule has 0 fully saturated rings. The maximum absolute atomic E-state index is 12.5. The topological polar surface area (TPSA) is 49.7 Å². The van der Waals surface area contributed by atoms with E-state index in [-0.39, 0.29) is 22.8 Å². The molecule has 0 aliphatic heterocycles. The summed E-state index contributed by atoms with van der Waals surface area (Å²) in [6, 6.07) is 10.8. The van der Waals surface area contributed by atoms with Gasteiger partial charge in [0.15, 0.2) is 5.78 Å². The average Bonchev–Trinajstić information content (AvgIpc) is 2.77. The lowest BCUT2D eigenvalue weighted by Crippen LogP contribution is -2.03. The van der Waals surface area contributed by atoms with Crippen molar-refractivity contribution < 1.29 is 23.1 Å². The molecule has 0 amide bonds. The third kappa shape index (κ3) is 2.75. The predicted molar refractivity (Wildman–Crippen MR) is 79.9 cm³/mol. The minimum absolute atomic E-state index is 0.0195. The van der Waals surface area contributed by atoms with Crippen LogP contribution in [0.1, 0.15) is 21.5 Å². The molecule has 0 saturated heterocycles. The second-order valence-electron chi connectivity index (χ2n) is 4.94. The van der Waals surface area contributed by atoms with Crippen molar-refractivity contribution in [2.24, 2.45) is 4.99 Å². The molecule has 0 saturated carbocycles. The van der Waals surface area contributed by atoms with Crippen molar-refractivity contribution in [3.63, 3.8) is 0 Å². The van der Waals surface area contributed by atoms with Gasteiger partial charge < -0.3 is 5.11 Å². The molecule has 0 aromatic heterocycles. The summed E-state index contributed by atoms with van der Waals surface area (Å²) in [5.74, 6) is -0.546. The summed E-state index contributed by atoms with van der Waals surface area (Å²) in [5, 5.41) is 10.1. The third-order valence-electron chi connectivity index (χ3n) is 3.46. The highest BCUT2D eigenvalue weighted by Gasteiger charge is 2.30. The van der Waals surface area contributed by atoms with E-state index in [9.17, 15) is 23.1 Å². The highest BCUT2D eigenvalue weighted by atomic mass is 19.4. The number of hydrogen-bond acceptors (Lipinski definition) is 3. The zero-order valence-electron chi connectivity index (χ0n) is 11.6. The van der Waals surface area contributed by atoms with Crippen LogP contribution in [0.2, 0.25) is 0 Å². The fraction of sp³-hybridized carbons (Fsp3) is 0.0588. The summed E-state index contributed by atoms with van der Waals surface area (Å²) in [6.07, 6.45) is -3.24. The lowest BCUT2D eigenvalue weighted by Gasteiger charge is -2.05. The van der Waals surface area contributed by atoms with Crippen molar-refractivity contribution in [2.45, 2.75) is 6.18 Å². The van der Waals surface area contributed by atoms with Gasteiger partial charge in [-0.2, -0.15) is 13.2 Å². The summed E-state index contributed by atoms with van der Waals surface area (Å²) >= 11 is 0. The van der Waals surface area contributed by atoms with E-state index in [2.05, 4.69) is 4.99 Å². The van der Waals surface area contributed by atoms with Gasteiger partial charge in [-0.1, -0.05) is 24.3 Å². The molecule has 6 heteroatoms. The number of halogens is 3. The summed E-state index contributed by atoms with van der Waals surface area (Å²) < 4.78 is 37.4. The van der Waals surface area contributed by atoms with E-state index in [1.807, 2.05) is 0 Å². The van der Waals surface area contributed by atoms with E-state index >= 15 is 0 Å². The van der Waals surface area contributed by atoms with Gasteiger partial charge >= 0.3 is 6.18 Å². The van der Waals surface area contributed by atoms with Crippen molar-refractivity contribution in [1.29, 1.82) is 0 Å². The highest BCUT2D eigenvalue weighted by molar-refractivity contribution is 6.30. The number of nitrogens with zero attached hydrogens (tertiary/aromatic N) is 1. The van der Waals surface area contributed by atoms with E-state index in [0.717, 1.165) is 12.1 Å². The molecule has 1 aliphatic rings. The molecule has 2 aromatic carbocycles. The Morgan fingerprint density at radius 1 is 0.957 bits per heavy atom. The molecular weight excluding hydrogens is 307 g/mol. The number of fused-ring (bicyclic) bond motifs is 1. The smallest absolute Gasteiger partial charge is 0.416 e. The van der Waals surface area contributed by atoms with Gasteiger partial charge in [-0.15, -0.1) is 0 Å². The fourth-order valence-electron chi connectivity index (χ4n) is 2.28. The van der Waals surface area contributed by atoms with Crippen LogP contribution in [0, 0.1) is 0 Å². The monoisotopic (exact) mass is 317 g/mol. The van der Waals surface area contributed by atoms with Gasteiger partial charge in [-0.3, -0.25) is 9.79 Å². The number of carbonyl (C=O) groups is 1. The number of rotatable bonds is 2. The molecule has 23 heavy (non-hydrogen) atoms. The molecule has 116 valence electrons. The number of benzene rings is 2. The van der Waals surface area contributed by atoms with Crippen molar-refractivity contribution in [1.82, 2.24) is 0 Å². The van der Waals surface area contributed by atoms with Gasteiger partial charge in [-0.25, -0.2) is 0 Å². The largest absolute Gasteiger partial charge is 0.506 e. The lowest BCUT2D eigenvalue weighted by atomic mass is 10.1. The summed E-state index contributed by atoms with van der Waals surface area (Å²) in [4.78, 5) is 16.1. The Morgan fingerprint density at radius 3 is 2.13 bits per heavy atom. The molecule has 3 rings (SSSR count). The molecule has 0 unspecified atom stereocenters. The van der Waals surface area contributed by atoms with E-state index in [0.29, 0.717) is 11.1 Å². The summed E-state index contributed by atoms with van der Waals surface area (Å²) in [6.45, 7) is 0. The first kappa shape index (κ1) is 15.0. The minimum Gasteiger partial charge on any atom is -0.506 e. The maximum Gasteiger partial charge on any atom is 0.416 e. The van der Waals surface area contributed by atoms with Crippen LogP contribution in [0.15, 0.2) is 59.1 Å². The zero-order valence-corrected chi connectivity index (χ0v) is 11.6. The molecule has 0 spiro atoms. The summed E-state index contributed by atoms with van der Waals surface area (Å²) in [5.41, 5.74) is 0.293. The second kappa shape index (κ2) is 5.39. The molecule has 0 atom stereocenters. The van der Waals surface area contributed by atoms with Gasteiger partial charge in [-0.05, 0) is 24.3 Å². The highest BCUT2D eigenvalue weighted by Crippen LogP contribution is 2.32. The number of aliphatic hydroxyl groups excluding tert-OH is 1. The molecule has 1 N–H and O–H groups in total. The maximum atomic E-state index is 12.5. The first-order valence-corrected chi connectivity index (χ1v) is 6.66. The van der Waals surface area contributed by atoms with Crippen LogP contribution < -0.4 is 0 Å². The average molecular weight is 317 g/mol.